The summed E-state index contributed by atoms with van der Waals surface area (Å²) in [6.45, 7) is 2.47. The van der Waals surface area contributed by atoms with E-state index in [4.69, 9.17) is 14.0 Å². The van der Waals surface area contributed by atoms with E-state index in [0.717, 1.165) is 6.42 Å². The van der Waals surface area contributed by atoms with Crippen molar-refractivity contribution in [1.82, 2.24) is 10.2 Å². The van der Waals surface area contributed by atoms with Crippen molar-refractivity contribution in [2.45, 2.75) is 37.5 Å². The molecule has 3 heterocycles. The van der Waals surface area contributed by atoms with E-state index in [-0.39, 0.29) is 18.7 Å². The molecule has 3 fully saturated rings. The summed E-state index contributed by atoms with van der Waals surface area (Å²) in [7, 11) is 2.82. The van der Waals surface area contributed by atoms with Crippen LogP contribution in [0, 0.1) is 7.05 Å². The third kappa shape index (κ3) is 2.13. The van der Waals surface area contributed by atoms with Crippen molar-refractivity contribution >= 4 is 19.1 Å². The standard InChI is InChI=1S/C11H16BN2O5/c1-7-9(17-7)12-18-8(15)6-14(2)11(10(16)19-12)4-3-5-13-11/h7,9,13H,2-6H2,1H3/q-1/t7?,9?,11-/m1/s1. The molecule has 3 saturated heterocycles. The van der Waals surface area contributed by atoms with Gasteiger partial charge in [0.2, 0.25) is 0 Å². The van der Waals surface area contributed by atoms with Crippen LogP contribution in [0.3, 0.4) is 0 Å². The lowest BCUT2D eigenvalue weighted by Crippen LogP contribution is -2.63. The van der Waals surface area contributed by atoms with Crippen molar-refractivity contribution in [3.8, 4) is 0 Å². The van der Waals surface area contributed by atoms with Crippen LogP contribution in [-0.2, 0) is 23.6 Å². The summed E-state index contributed by atoms with van der Waals surface area (Å²) >= 11 is 0. The van der Waals surface area contributed by atoms with E-state index in [1.807, 2.05) is 6.92 Å². The van der Waals surface area contributed by atoms with Crippen LogP contribution in [0.4, 0.5) is 0 Å². The zero-order valence-corrected chi connectivity index (χ0v) is 10.8. The third-order valence-electron chi connectivity index (χ3n) is 3.83. The molecule has 3 aliphatic rings. The molecule has 0 aromatic carbocycles. The van der Waals surface area contributed by atoms with Gasteiger partial charge in [-0.05, 0) is 26.3 Å². The fraction of sp³-hybridized carbons (Fsp3) is 0.727. The first-order valence-corrected chi connectivity index (χ1v) is 6.42. The Morgan fingerprint density at radius 1 is 1.47 bits per heavy atom. The van der Waals surface area contributed by atoms with Crippen molar-refractivity contribution in [3.63, 3.8) is 0 Å². The molecule has 0 aromatic heterocycles. The summed E-state index contributed by atoms with van der Waals surface area (Å²) in [5, 5.41) is 3.09. The molecule has 19 heavy (non-hydrogen) atoms. The van der Waals surface area contributed by atoms with Gasteiger partial charge in [0.15, 0.2) is 0 Å². The Hall–Kier alpha value is -1.12. The number of rotatable bonds is 1. The monoisotopic (exact) mass is 267 g/mol. The molecule has 0 amide bonds. The van der Waals surface area contributed by atoms with Crippen LogP contribution < -0.4 is 5.32 Å². The smallest absolute Gasteiger partial charge is 0.497 e. The molecule has 0 radical (unpaired) electrons. The largest absolute Gasteiger partial charge is 0.632 e. The van der Waals surface area contributed by atoms with E-state index in [0.29, 0.717) is 13.0 Å². The van der Waals surface area contributed by atoms with Crippen molar-refractivity contribution in [3.05, 3.63) is 7.05 Å². The molecular weight excluding hydrogens is 251 g/mol. The van der Waals surface area contributed by atoms with Crippen molar-refractivity contribution in [2.24, 2.45) is 0 Å². The Labute approximate surface area is 111 Å². The molecule has 104 valence electrons. The van der Waals surface area contributed by atoms with Gasteiger partial charge < -0.3 is 18.9 Å². The number of hydrogen-bond donors (Lipinski definition) is 1. The van der Waals surface area contributed by atoms with Crippen LogP contribution in [0.2, 0.25) is 0 Å². The van der Waals surface area contributed by atoms with Crippen LogP contribution >= 0.6 is 0 Å². The molecule has 3 aliphatic heterocycles. The molecule has 3 rings (SSSR count). The average Bonchev–Trinajstić information content (AvgIpc) is 2.90. The summed E-state index contributed by atoms with van der Waals surface area (Å²) in [5.74, 6) is -0.927. The van der Waals surface area contributed by atoms with E-state index >= 15 is 0 Å². The van der Waals surface area contributed by atoms with E-state index < -0.39 is 24.7 Å². The first-order valence-electron chi connectivity index (χ1n) is 6.42. The minimum Gasteiger partial charge on any atom is -0.497 e. The Kier molecular flexibility index (Phi) is 3.03. The molecule has 0 aromatic rings. The number of carbonyl (C=O) groups is 2. The molecule has 1 N–H and O–H groups in total. The quantitative estimate of drug-likeness (QED) is 0.373. The summed E-state index contributed by atoms with van der Waals surface area (Å²) in [6, 6.07) is -0.359. The molecule has 0 aliphatic carbocycles. The molecule has 0 saturated carbocycles. The van der Waals surface area contributed by atoms with Crippen molar-refractivity contribution in [1.29, 1.82) is 0 Å². The average molecular weight is 267 g/mol. The lowest BCUT2D eigenvalue weighted by molar-refractivity contribution is -0.157. The Balaban J connectivity index is 1.82. The third-order valence-corrected chi connectivity index (χ3v) is 3.83. The number of ether oxygens (including phenoxy) is 1. The molecule has 2 unspecified atom stereocenters. The van der Waals surface area contributed by atoms with E-state index in [1.54, 1.807) is 0 Å². The molecular formula is C11H16BN2O5-. The van der Waals surface area contributed by atoms with E-state index in [1.165, 1.54) is 4.90 Å². The minimum absolute atomic E-state index is 0.0559. The van der Waals surface area contributed by atoms with Gasteiger partial charge in [0.05, 0.1) is 12.6 Å². The predicted molar refractivity (Wildman–Crippen MR) is 64.3 cm³/mol. The van der Waals surface area contributed by atoms with E-state index in [9.17, 15) is 9.59 Å². The van der Waals surface area contributed by atoms with Gasteiger partial charge in [0.25, 0.3) is 0 Å². The Morgan fingerprint density at radius 2 is 2.21 bits per heavy atom. The fourth-order valence-electron chi connectivity index (χ4n) is 2.61. The summed E-state index contributed by atoms with van der Waals surface area (Å²) in [6.07, 6.45) is 1.33. The predicted octanol–water partition coefficient (Wildman–Crippen LogP) is -0.926. The van der Waals surface area contributed by atoms with Gasteiger partial charge in [-0.1, -0.05) is 0 Å². The Bertz CT molecular complexity index is 412. The molecule has 1 spiro atoms. The van der Waals surface area contributed by atoms with Gasteiger partial charge in [-0.25, -0.2) is 0 Å². The second-order valence-electron chi connectivity index (χ2n) is 5.16. The number of carbonyl (C=O) groups excluding carboxylic acids is 2. The second-order valence-corrected chi connectivity index (χ2v) is 5.16. The van der Waals surface area contributed by atoms with Crippen LogP contribution in [0.1, 0.15) is 19.8 Å². The maximum Gasteiger partial charge on any atom is 0.632 e. The van der Waals surface area contributed by atoms with Gasteiger partial charge in [0, 0.05) is 0 Å². The molecule has 3 atom stereocenters. The SMILES string of the molecule is [CH2-]N1CC(=O)OB(C2OC2C)OC(=O)[C@@]12CCCN2. The van der Waals surface area contributed by atoms with Crippen molar-refractivity contribution in [2.75, 3.05) is 13.1 Å². The highest BCUT2D eigenvalue weighted by molar-refractivity contribution is 6.51. The van der Waals surface area contributed by atoms with Crippen LogP contribution in [0.15, 0.2) is 0 Å². The maximum atomic E-state index is 12.3. The summed E-state index contributed by atoms with van der Waals surface area (Å²) in [4.78, 5) is 25.5. The lowest BCUT2D eigenvalue weighted by atomic mass is 9.81. The van der Waals surface area contributed by atoms with Gasteiger partial charge in [-0.15, -0.1) is 0 Å². The Morgan fingerprint density at radius 3 is 2.79 bits per heavy atom. The fourth-order valence-corrected chi connectivity index (χ4v) is 2.61. The minimum atomic E-state index is -1.02. The van der Waals surface area contributed by atoms with Crippen LogP contribution in [0.25, 0.3) is 0 Å². The number of epoxide rings is 1. The zero-order valence-electron chi connectivity index (χ0n) is 10.8. The number of nitrogens with zero attached hydrogens (tertiary/aromatic N) is 1. The zero-order chi connectivity index (χ0) is 13.6. The second kappa shape index (κ2) is 4.47. The van der Waals surface area contributed by atoms with Gasteiger partial charge in [-0.2, -0.15) is 0 Å². The topological polar surface area (TPSA) is 80.4 Å². The summed E-state index contributed by atoms with van der Waals surface area (Å²) < 4.78 is 15.6. The molecule has 0 bridgehead atoms. The van der Waals surface area contributed by atoms with E-state index in [2.05, 4.69) is 12.4 Å². The van der Waals surface area contributed by atoms with Gasteiger partial charge in [-0.3, -0.25) is 22.0 Å². The normalized spacial score (nSPS) is 39.8. The van der Waals surface area contributed by atoms with Crippen molar-refractivity contribution < 1.29 is 23.6 Å². The number of nitrogens with one attached hydrogen (secondary N) is 1. The lowest BCUT2D eigenvalue weighted by Gasteiger charge is -2.43. The highest BCUT2D eigenvalue weighted by atomic mass is 16.7. The maximum absolute atomic E-state index is 12.3. The highest BCUT2D eigenvalue weighted by Gasteiger charge is 2.56. The number of hydrogen-bond acceptors (Lipinski definition) is 7. The molecule has 8 heteroatoms. The van der Waals surface area contributed by atoms with Gasteiger partial charge in [0.1, 0.15) is 11.7 Å². The van der Waals surface area contributed by atoms with Crippen LogP contribution in [-0.4, -0.2) is 54.8 Å². The van der Waals surface area contributed by atoms with Gasteiger partial charge >= 0.3 is 19.1 Å². The summed E-state index contributed by atoms with van der Waals surface area (Å²) in [5.41, 5.74) is -1.02. The first kappa shape index (κ1) is 12.9. The van der Waals surface area contributed by atoms with Crippen LogP contribution in [0.5, 0.6) is 0 Å². The first-order chi connectivity index (χ1) is 9.03. The molecule has 7 nitrogen and oxygen atoms in total. The highest BCUT2D eigenvalue weighted by Crippen LogP contribution is 2.30.